The number of aromatic nitrogens is 3. The number of hydrogen-bond donors (Lipinski definition) is 1. The Labute approximate surface area is 122 Å². The first-order valence-corrected chi connectivity index (χ1v) is 6.71. The summed E-state index contributed by atoms with van der Waals surface area (Å²) in [7, 11) is 0. The van der Waals surface area contributed by atoms with Crippen molar-refractivity contribution in [2.24, 2.45) is 0 Å². The Balaban J connectivity index is 1.69. The number of benzene rings is 1. The summed E-state index contributed by atoms with van der Waals surface area (Å²) in [4.78, 5) is 3.84. The molecule has 0 atom stereocenters. The van der Waals surface area contributed by atoms with Crippen LogP contribution in [0, 0.1) is 5.82 Å². The molecule has 1 N–H and O–H groups in total. The van der Waals surface area contributed by atoms with Gasteiger partial charge in [-0.25, -0.2) is 9.07 Å². The Morgan fingerprint density at radius 1 is 1.10 bits per heavy atom. The van der Waals surface area contributed by atoms with Gasteiger partial charge >= 0.3 is 0 Å². The highest BCUT2D eigenvalue weighted by molar-refractivity contribution is 5.40. The van der Waals surface area contributed by atoms with E-state index in [0.717, 1.165) is 16.8 Å². The molecular weight excluding hydrogens is 267 g/mol. The van der Waals surface area contributed by atoms with Crippen molar-refractivity contribution in [3.63, 3.8) is 0 Å². The Morgan fingerprint density at radius 2 is 2.00 bits per heavy atom. The molecule has 106 valence electrons. The molecule has 2 heterocycles. The zero-order valence-corrected chi connectivity index (χ0v) is 11.4. The number of rotatable bonds is 5. The van der Waals surface area contributed by atoms with Crippen LogP contribution in [-0.4, -0.2) is 14.8 Å². The Morgan fingerprint density at radius 3 is 2.81 bits per heavy atom. The van der Waals surface area contributed by atoms with Crippen molar-refractivity contribution in [1.82, 2.24) is 20.1 Å². The van der Waals surface area contributed by atoms with E-state index in [4.69, 9.17) is 0 Å². The van der Waals surface area contributed by atoms with Gasteiger partial charge in [0.05, 0.1) is 11.9 Å². The predicted octanol–water partition coefficient (Wildman–Crippen LogP) is 2.70. The molecule has 0 spiro atoms. The molecule has 3 aromatic rings. The number of hydrogen-bond acceptors (Lipinski definition) is 3. The highest BCUT2D eigenvalue weighted by Gasteiger charge is 2.04. The first kappa shape index (κ1) is 13.5. The summed E-state index contributed by atoms with van der Waals surface area (Å²) in [5.74, 6) is -0.314. The second-order valence-corrected chi connectivity index (χ2v) is 4.69. The Bertz CT molecular complexity index is 710. The summed E-state index contributed by atoms with van der Waals surface area (Å²) in [6.07, 6.45) is 6.53. The number of para-hydroxylation sites is 1. The molecule has 21 heavy (non-hydrogen) atoms. The molecule has 0 amide bonds. The van der Waals surface area contributed by atoms with Crippen LogP contribution in [0.25, 0.3) is 5.69 Å². The zero-order valence-electron chi connectivity index (χ0n) is 11.4. The van der Waals surface area contributed by atoms with Crippen LogP contribution in [-0.2, 0) is 13.1 Å². The quantitative estimate of drug-likeness (QED) is 0.782. The van der Waals surface area contributed by atoms with Gasteiger partial charge in [0, 0.05) is 31.7 Å². The van der Waals surface area contributed by atoms with Crippen molar-refractivity contribution in [2.45, 2.75) is 13.1 Å². The van der Waals surface area contributed by atoms with E-state index in [9.17, 15) is 4.39 Å². The largest absolute Gasteiger partial charge is 0.308 e. The van der Waals surface area contributed by atoms with Gasteiger partial charge in [-0.15, -0.1) is 0 Å². The van der Waals surface area contributed by atoms with Crippen molar-refractivity contribution in [3.05, 3.63) is 78.1 Å². The van der Waals surface area contributed by atoms with Crippen LogP contribution in [0.1, 0.15) is 11.1 Å². The van der Waals surface area contributed by atoms with Gasteiger partial charge in [-0.05, 0) is 29.3 Å². The smallest absolute Gasteiger partial charge is 0.141 e. The van der Waals surface area contributed by atoms with Crippen molar-refractivity contribution >= 4 is 0 Å². The summed E-state index contributed by atoms with van der Waals surface area (Å²) in [5.41, 5.74) is 2.99. The molecule has 0 aliphatic carbocycles. The van der Waals surface area contributed by atoms with Crippen LogP contribution in [0.4, 0.5) is 4.39 Å². The predicted molar refractivity (Wildman–Crippen MR) is 78.3 cm³/mol. The van der Waals surface area contributed by atoms with E-state index < -0.39 is 0 Å². The topological polar surface area (TPSA) is 42.7 Å². The normalized spacial score (nSPS) is 10.7. The minimum Gasteiger partial charge on any atom is -0.308 e. The minimum atomic E-state index is -0.314. The van der Waals surface area contributed by atoms with Gasteiger partial charge in [-0.3, -0.25) is 4.98 Å². The summed E-state index contributed by atoms with van der Waals surface area (Å²) in [6.45, 7) is 1.24. The molecule has 0 bridgehead atoms. The lowest BCUT2D eigenvalue weighted by Crippen LogP contribution is -2.15. The number of pyridine rings is 1. The molecule has 3 rings (SSSR count). The summed E-state index contributed by atoms with van der Waals surface area (Å²) in [5, 5.41) is 7.55. The first-order valence-electron chi connectivity index (χ1n) is 6.71. The van der Waals surface area contributed by atoms with E-state index in [1.165, 1.54) is 12.3 Å². The van der Waals surface area contributed by atoms with Crippen molar-refractivity contribution in [3.8, 4) is 5.69 Å². The standard InChI is InChI=1S/C16H15FN4/c17-15-8-13(10-19-12-15)9-18-11-14-4-1-2-5-16(14)21-7-3-6-20-21/h1-8,10,12,18H,9,11H2. The highest BCUT2D eigenvalue weighted by Crippen LogP contribution is 2.13. The molecular formula is C16H15FN4. The molecule has 0 aliphatic heterocycles. The third kappa shape index (κ3) is 3.32. The summed E-state index contributed by atoms with van der Waals surface area (Å²) in [6, 6.07) is 11.4. The Kier molecular flexibility index (Phi) is 4.02. The second kappa shape index (κ2) is 6.28. The van der Waals surface area contributed by atoms with Crippen LogP contribution >= 0.6 is 0 Å². The third-order valence-electron chi connectivity index (χ3n) is 3.15. The average Bonchev–Trinajstić information content (AvgIpc) is 3.02. The summed E-state index contributed by atoms with van der Waals surface area (Å²) < 4.78 is 14.9. The molecule has 0 saturated carbocycles. The SMILES string of the molecule is Fc1cncc(CNCc2ccccc2-n2cccn2)c1. The lowest BCUT2D eigenvalue weighted by molar-refractivity contribution is 0.612. The maximum atomic E-state index is 13.1. The lowest BCUT2D eigenvalue weighted by atomic mass is 10.1. The molecule has 0 aliphatic rings. The van der Waals surface area contributed by atoms with Gasteiger partial charge in [0.1, 0.15) is 5.82 Å². The van der Waals surface area contributed by atoms with Gasteiger partial charge in [-0.2, -0.15) is 5.10 Å². The van der Waals surface area contributed by atoms with E-state index in [0.29, 0.717) is 13.1 Å². The van der Waals surface area contributed by atoms with Gasteiger partial charge in [-0.1, -0.05) is 18.2 Å². The van der Waals surface area contributed by atoms with Gasteiger partial charge < -0.3 is 5.32 Å². The van der Waals surface area contributed by atoms with E-state index in [2.05, 4.69) is 15.4 Å². The number of nitrogens with zero attached hydrogens (tertiary/aromatic N) is 3. The second-order valence-electron chi connectivity index (χ2n) is 4.69. The fourth-order valence-corrected chi connectivity index (χ4v) is 2.19. The molecule has 0 radical (unpaired) electrons. The fourth-order valence-electron chi connectivity index (χ4n) is 2.19. The molecule has 0 fully saturated rings. The maximum Gasteiger partial charge on any atom is 0.141 e. The van der Waals surface area contributed by atoms with Crippen molar-refractivity contribution < 1.29 is 4.39 Å². The van der Waals surface area contributed by atoms with E-state index in [1.54, 1.807) is 12.4 Å². The molecule has 0 unspecified atom stereocenters. The average molecular weight is 282 g/mol. The van der Waals surface area contributed by atoms with Crippen LogP contribution < -0.4 is 5.32 Å². The fraction of sp³-hybridized carbons (Fsp3) is 0.125. The lowest BCUT2D eigenvalue weighted by Gasteiger charge is -2.10. The number of nitrogens with one attached hydrogen (secondary N) is 1. The van der Waals surface area contributed by atoms with Crippen molar-refractivity contribution in [2.75, 3.05) is 0 Å². The zero-order chi connectivity index (χ0) is 14.5. The van der Waals surface area contributed by atoms with Crippen LogP contribution in [0.15, 0.2) is 61.2 Å². The maximum absolute atomic E-state index is 13.1. The first-order chi connectivity index (χ1) is 10.3. The van der Waals surface area contributed by atoms with E-state index >= 15 is 0 Å². The van der Waals surface area contributed by atoms with Crippen LogP contribution in [0.3, 0.4) is 0 Å². The Hall–Kier alpha value is -2.53. The van der Waals surface area contributed by atoms with E-state index in [-0.39, 0.29) is 5.82 Å². The third-order valence-corrected chi connectivity index (χ3v) is 3.15. The minimum absolute atomic E-state index is 0.314. The molecule has 4 nitrogen and oxygen atoms in total. The molecule has 2 aromatic heterocycles. The van der Waals surface area contributed by atoms with E-state index in [1.807, 2.05) is 41.2 Å². The molecule has 1 aromatic carbocycles. The van der Waals surface area contributed by atoms with Gasteiger partial charge in [0.2, 0.25) is 0 Å². The molecule has 0 saturated heterocycles. The highest BCUT2D eigenvalue weighted by atomic mass is 19.1. The monoisotopic (exact) mass is 282 g/mol. The number of halogens is 1. The van der Waals surface area contributed by atoms with Crippen LogP contribution in [0.5, 0.6) is 0 Å². The van der Waals surface area contributed by atoms with Crippen molar-refractivity contribution in [1.29, 1.82) is 0 Å². The van der Waals surface area contributed by atoms with Gasteiger partial charge in [0.25, 0.3) is 0 Å². The van der Waals surface area contributed by atoms with Crippen LogP contribution in [0.2, 0.25) is 0 Å². The molecule has 5 heteroatoms. The summed E-state index contributed by atoms with van der Waals surface area (Å²) >= 11 is 0. The van der Waals surface area contributed by atoms with Gasteiger partial charge in [0.15, 0.2) is 0 Å².